The van der Waals surface area contributed by atoms with Crippen LogP contribution in [0, 0.1) is 0 Å². The van der Waals surface area contributed by atoms with E-state index in [4.69, 9.17) is 4.42 Å². The molecular weight excluding hydrogens is 284 g/mol. The lowest BCUT2D eigenvalue weighted by Crippen LogP contribution is -1.98. The Bertz CT molecular complexity index is 627. The van der Waals surface area contributed by atoms with Gasteiger partial charge in [0.2, 0.25) is 0 Å². The van der Waals surface area contributed by atoms with Crippen LogP contribution >= 0.6 is 0 Å². The Balaban J connectivity index is 1.60. The summed E-state index contributed by atoms with van der Waals surface area (Å²) in [5, 5.41) is 0.680. The highest BCUT2D eigenvalue weighted by atomic mass is 16.3. The molecule has 0 radical (unpaired) electrons. The van der Waals surface area contributed by atoms with Crippen LogP contribution in [0.15, 0.2) is 39.7 Å². The summed E-state index contributed by atoms with van der Waals surface area (Å²) in [6.07, 6.45) is 16.1. The molecule has 0 N–H and O–H groups in total. The molecule has 0 saturated heterocycles. The maximum atomic E-state index is 11.7. The molecule has 2 rings (SSSR count). The number of fused-ring (bicyclic) bond motifs is 1. The molecule has 0 amide bonds. The van der Waals surface area contributed by atoms with Crippen molar-refractivity contribution < 1.29 is 4.42 Å². The van der Waals surface area contributed by atoms with Gasteiger partial charge in [-0.15, -0.1) is 0 Å². The van der Waals surface area contributed by atoms with Crippen LogP contribution < -0.4 is 5.43 Å². The zero-order chi connectivity index (χ0) is 16.3. The maximum Gasteiger partial charge on any atom is 0.192 e. The summed E-state index contributed by atoms with van der Waals surface area (Å²) in [5.41, 5.74) is 2.02. The molecule has 23 heavy (non-hydrogen) atoms. The van der Waals surface area contributed by atoms with Gasteiger partial charge in [-0.3, -0.25) is 4.79 Å². The average molecular weight is 314 g/mol. The summed E-state index contributed by atoms with van der Waals surface area (Å²) in [5.74, 6) is 0. The van der Waals surface area contributed by atoms with Crippen molar-refractivity contribution >= 4 is 11.0 Å². The molecule has 0 aliphatic heterocycles. The second-order valence-electron chi connectivity index (χ2n) is 6.55. The number of unbranched alkanes of at least 4 members (excludes halogenated alkanes) is 9. The van der Waals surface area contributed by atoms with Crippen molar-refractivity contribution in [2.45, 2.75) is 77.6 Å². The number of benzene rings is 1. The third-order valence-corrected chi connectivity index (χ3v) is 4.54. The Morgan fingerprint density at radius 3 is 2.17 bits per heavy atom. The van der Waals surface area contributed by atoms with Crippen LogP contribution in [0.3, 0.4) is 0 Å². The lowest BCUT2D eigenvalue weighted by atomic mass is 10.0. The van der Waals surface area contributed by atoms with E-state index in [1.807, 2.05) is 12.1 Å². The second-order valence-corrected chi connectivity index (χ2v) is 6.55. The molecule has 0 fully saturated rings. The molecule has 0 atom stereocenters. The van der Waals surface area contributed by atoms with Gasteiger partial charge in [-0.25, -0.2) is 0 Å². The minimum absolute atomic E-state index is 0.0386. The molecule has 0 saturated carbocycles. The third kappa shape index (κ3) is 6.21. The van der Waals surface area contributed by atoms with Crippen molar-refractivity contribution in [1.82, 2.24) is 0 Å². The largest absolute Gasteiger partial charge is 0.464 e. The van der Waals surface area contributed by atoms with Crippen molar-refractivity contribution in [2.24, 2.45) is 0 Å². The Hall–Kier alpha value is -1.57. The first-order chi connectivity index (χ1) is 11.3. The standard InChI is InChI=1S/C21H30O2/c1-2-3-4-5-6-7-8-9-10-11-12-18-13-14-19-20(22)15-16-23-21(19)17-18/h13-17H,2-12H2,1H3. The predicted octanol–water partition coefficient (Wildman–Crippen LogP) is 6.26. The monoisotopic (exact) mass is 314 g/mol. The summed E-state index contributed by atoms with van der Waals surface area (Å²) in [7, 11) is 0. The second kappa shape index (κ2) is 10.3. The molecule has 0 spiro atoms. The number of hydrogen-bond donors (Lipinski definition) is 0. The fraction of sp³-hybridized carbons (Fsp3) is 0.571. The van der Waals surface area contributed by atoms with Gasteiger partial charge in [-0.2, -0.15) is 0 Å². The average Bonchev–Trinajstić information content (AvgIpc) is 2.57. The van der Waals surface area contributed by atoms with Crippen LogP contribution in [0.5, 0.6) is 0 Å². The summed E-state index contributed by atoms with van der Waals surface area (Å²) in [4.78, 5) is 11.7. The summed E-state index contributed by atoms with van der Waals surface area (Å²) in [6.45, 7) is 2.27. The Morgan fingerprint density at radius 2 is 1.48 bits per heavy atom. The van der Waals surface area contributed by atoms with Crippen molar-refractivity contribution in [1.29, 1.82) is 0 Å². The first kappa shape index (κ1) is 17.8. The van der Waals surface area contributed by atoms with Crippen molar-refractivity contribution in [3.05, 3.63) is 46.3 Å². The molecule has 2 nitrogen and oxygen atoms in total. The van der Waals surface area contributed by atoms with Gasteiger partial charge in [0.1, 0.15) is 5.58 Å². The highest BCUT2D eigenvalue weighted by molar-refractivity contribution is 5.76. The number of rotatable bonds is 11. The van der Waals surface area contributed by atoms with E-state index in [-0.39, 0.29) is 5.43 Å². The fourth-order valence-corrected chi connectivity index (χ4v) is 3.10. The van der Waals surface area contributed by atoms with Crippen LogP contribution in [-0.4, -0.2) is 0 Å². The van der Waals surface area contributed by atoms with Crippen molar-refractivity contribution in [2.75, 3.05) is 0 Å². The lowest BCUT2D eigenvalue weighted by Gasteiger charge is -2.04. The van der Waals surface area contributed by atoms with Crippen molar-refractivity contribution in [3.63, 3.8) is 0 Å². The number of aryl methyl sites for hydroxylation is 1. The van der Waals surface area contributed by atoms with E-state index in [1.165, 1.54) is 82.1 Å². The van der Waals surface area contributed by atoms with Crippen molar-refractivity contribution in [3.8, 4) is 0 Å². The third-order valence-electron chi connectivity index (χ3n) is 4.54. The van der Waals surface area contributed by atoms with Crippen LogP contribution in [0.25, 0.3) is 11.0 Å². The zero-order valence-electron chi connectivity index (χ0n) is 14.5. The first-order valence-electron chi connectivity index (χ1n) is 9.31. The quantitative estimate of drug-likeness (QED) is 0.458. The fourth-order valence-electron chi connectivity index (χ4n) is 3.10. The van der Waals surface area contributed by atoms with Crippen LogP contribution in [0.1, 0.15) is 76.7 Å². The van der Waals surface area contributed by atoms with E-state index in [1.54, 1.807) is 0 Å². The topological polar surface area (TPSA) is 30.2 Å². The van der Waals surface area contributed by atoms with Gasteiger partial charge >= 0.3 is 0 Å². The lowest BCUT2D eigenvalue weighted by molar-refractivity contribution is 0.556. The highest BCUT2D eigenvalue weighted by Gasteiger charge is 2.01. The molecule has 0 aliphatic rings. The van der Waals surface area contributed by atoms with Crippen LogP contribution in [0.4, 0.5) is 0 Å². The van der Waals surface area contributed by atoms with Gasteiger partial charge in [0.25, 0.3) is 0 Å². The molecule has 1 aromatic heterocycles. The smallest absolute Gasteiger partial charge is 0.192 e. The van der Waals surface area contributed by atoms with Crippen LogP contribution in [-0.2, 0) is 6.42 Å². The predicted molar refractivity (Wildman–Crippen MR) is 98.0 cm³/mol. The summed E-state index contributed by atoms with van der Waals surface area (Å²) < 4.78 is 5.43. The van der Waals surface area contributed by atoms with Crippen LogP contribution in [0.2, 0.25) is 0 Å². The van der Waals surface area contributed by atoms with E-state index < -0.39 is 0 Å². The maximum absolute atomic E-state index is 11.7. The molecular formula is C21H30O2. The van der Waals surface area contributed by atoms with Gasteiger partial charge in [0, 0.05) is 6.07 Å². The molecule has 1 heterocycles. The van der Waals surface area contributed by atoms with Gasteiger partial charge < -0.3 is 4.42 Å². The van der Waals surface area contributed by atoms with Gasteiger partial charge in [0.15, 0.2) is 5.43 Å². The van der Waals surface area contributed by atoms with E-state index in [0.29, 0.717) is 11.0 Å². The molecule has 2 heteroatoms. The highest BCUT2D eigenvalue weighted by Crippen LogP contribution is 2.16. The molecule has 0 bridgehead atoms. The van der Waals surface area contributed by atoms with E-state index >= 15 is 0 Å². The minimum Gasteiger partial charge on any atom is -0.464 e. The Labute approximate surface area is 139 Å². The van der Waals surface area contributed by atoms with Gasteiger partial charge in [-0.1, -0.05) is 70.8 Å². The van der Waals surface area contributed by atoms with E-state index in [0.717, 1.165) is 6.42 Å². The minimum atomic E-state index is 0.0386. The van der Waals surface area contributed by atoms with E-state index in [9.17, 15) is 4.79 Å². The Morgan fingerprint density at radius 1 is 0.826 bits per heavy atom. The summed E-state index contributed by atoms with van der Waals surface area (Å²) in [6, 6.07) is 7.45. The van der Waals surface area contributed by atoms with Gasteiger partial charge in [-0.05, 0) is 30.5 Å². The normalized spacial score (nSPS) is 11.2. The number of hydrogen-bond acceptors (Lipinski definition) is 2. The molecule has 126 valence electrons. The molecule has 1 aromatic carbocycles. The summed E-state index contributed by atoms with van der Waals surface area (Å²) >= 11 is 0. The Kier molecular flexibility index (Phi) is 7.92. The molecule has 0 unspecified atom stereocenters. The van der Waals surface area contributed by atoms with Gasteiger partial charge in [0.05, 0.1) is 11.6 Å². The molecule has 0 aliphatic carbocycles. The van der Waals surface area contributed by atoms with E-state index in [2.05, 4.69) is 13.0 Å². The molecule has 2 aromatic rings. The zero-order valence-corrected chi connectivity index (χ0v) is 14.5. The SMILES string of the molecule is CCCCCCCCCCCCc1ccc2c(=O)ccoc2c1. The first-order valence-corrected chi connectivity index (χ1v) is 9.31.